The monoisotopic (exact) mass is 353 g/mol. The summed E-state index contributed by atoms with van der Waals surface area (Å²) in [6.07, 6.45) is 1.16. The molecule has 5 heteroatoms. The summed E-state index contributed by atoms with van der Waals surface area (Å²) in [6, 6.07) is 16.9. The lowest BCUT2D eigenvalue weighted by Gasteiger charge is -2.17. The van der Waals surface area contributed by atoms with Crippen molar-refractivity contribution in [2.45, 2.75) is 38.8 Å². The van der Waals surface area contributed by atoms with Crippen LogP contribution in [0.1, 0.15) is 38.3 Å². The van der Waals surface area contributed by atoms with Crippen LogP contribution in [0.5, 0.6) is 5.75 Å². The van der Waals surface area contributed by atoms with Crippen molar-refractivity contribution in [1.29, 1.82) is 0 Å². The Balaban J connectivity index is 1.68. The molecule has 2 aromatic carbocycles. The van der Waals surface area contributed by atoms with Crippen LogP contribution in [-0.2, 0) is 9.59 Å². The second kappa shape index (κ2) is 8.15. The molecule has 0 aliphatic carbocycles. The Labute approximate surface area is 154 Å². The molecule has 0 radical (unpaired) electrons. The number of benzene rings is 2. The second-order valence-corrected chi connectivity index (χ2v) is 6.61. The molecule has 1 fully saturated rings. The molecule has 0 spiro atoms. The molecule has 0 bridgehead atoms. The third-order valence-corrected chi connectivity index (χ3v) is 4.60. The number of carbonyl (C=O) groups is 2. The van der Waals surface area contributed by atoms with E-state index in [0.717, 1.165) is 17.7 Å². The van der Waals surface area contributed by atoms with E-state index in [1.165, 1.54) is 4.90 Å². The summed E-state index contributed by atoms with van der Waals surface area (Å²) in [5.74, 6) is 0.439. The van der Waals surface area contributed by atoms with Crippen molar-refractivity contribution in [2.24, 2.45) is 0 Å². The summed E-state index contributed by atoms with van der Waals surface area (Å²) in [6.45, 7) is 4.74. The van der Waals surface area contributed by atoms with Gasteiger partial charge in [-0.1, -0.05) is 37.3 Å². The third kappa shape index (κ3) is 3.94. The van der Waals surface area contributed by atoms with E-state index in [1.54, 1.807) is 24.3 Å². The van der Waals surface area contributed by atoms with E-state index in [2.05, 4.69) is 6.92 Å². The van der Waals surface area contributed by atoms with E-state index < -0.39 is 0 Å². The minimum atomic E-state index is -0.381. The number of ether oxygens (including phenoxy) is 1. The van der Waals surface area contributed by atoms with E-state index in [-0.39, 0.29) is 30.3 Å². The van der Waals surface area contributed by atoms with Gasteiger partial charge in [-0.2, -0.15) is 0 Å². The zero-order valence-corrected chi connectivity index (χ0v) is 15.2. The molecular formula is C21H25N2O3+. The van der Waals surface area contributed by atoms with Crippen LogP contribution in [0.4, 0.5) is 5.69 Å². The normalized spacial score (nSPS) is 18.2. The molecule has 0 aromatic heterocycles. The smallest absolute Gasteiger partial charge is 0.292 e. The number of quaternary nitrogens is 1. The summed E-state index contributed by atoms with van der Waals surface area (Å²) >= 11 is 0. The average molecular weight is 353 g/mol. The second-order valence-electron chi connectivity index (χ2n) is 6.61. The molecule has 2 atom stereocenters. The Morgan fingerprint density at radius 2 is 1.81 bits per heavy atom. The number of rotatable bonds is 7. The molecule has 136 valence electrons. The highest BCUT2D eigenvalue weighted by atomic mass is 16.5. The van der Waals surface area contributed by atoms with Crippen LogP contribution < -0.4 is 15.0 Å². The quantitative estimate of drug-likeness (QED) is 0.778. The lowest BCUT2D eigenvalue weighted by molar-refractivity contribution is -0.711. The van der Waals surface area contributed by atoms with Gasteiger partial charge in [-0.3, -0.25) is 9.59 Å². The predicted octanol–water partition coefficient (Wildman–Crippen LogP) is 2.43. The summed E-state index contributed by atoms with van der Waals surface area (Å²) in [4.78, 5) is 26.5. The van der Waals surface area contributed by atoms with Gasteiger partial charge in [0.15, 0.2) is 6.04 Å². The van der Waals surface area contributed by atoms with Crippen molar-refractivity contribution in [3.8, 4) is 5.75 Å². The minimum absolute atomic E-state index is 0.114. The molecule has 3 rings (SSSR count). The first-order valence-electron chi connectivity index (χ1n) is 9.09. The fourth-order valence-corrected chi connectivity index (χ4v) is 3.20. The van der Waals surface area contributed by atoms with Crippen molar-refractivity contribution in [1.82, 2.24) is 0 Å². The molecule has 0 saturated carbocycles. The summed E-state index contributed by atoms with van der Waals surface area (Å²) in [5, 5.41) is 1.98. The Morgan fingerprint density at radius 1 is 1.12 bits per heavy atom. The number of nitrogens with zero attached hydrogens (tertiary/aromatic N) is 1. The lowest BCUT2D eigenvalue weighted by atomic mass is 10.1. The SMILES string of the molecule is CCCOc1ccc(N2C(=O)C[C@H]([NH2+][C@H](C)c3ccccc3)C2=O)cc1. The van der Waals surface area contributed by atoms with E-state index in [1.807, 2.05) is 42.6 Å². The first-order valence-corrected chi connectivity index (χ1v) is 9.09. The summed E-state index contributed by atoms with van der Waals surface area (Å²) < 4.78 is 5.55. The Kier molecular flexibility index (Phi) is 5.68. The first kappa shape index (κ1) is 18.1. The maximum Gasteiger partial charge on any atom is 0.292 e. The van der Waals surface area contributed by atoms with Gasteiger partial charge in [0, 0.05) is 5.56 Å². The molecule has 5 nitrogen and oxygen atoms in total. The van der Waals surface area contributed by atoms with Crippen LogP contribution in [0.2, 0.25) is 0 Å². The number of imide groups is 1. The number of hydrogen-bond donors (Lipinski definition) is 1. The largest absolute Gasteiger partial charge is 0.494 e. The maximum atomic E-state index is 12.8. The van der Waals surface area contributed by atoms with Crippen molar-refractivity contribution >= 4 is 17.5 Å². The standard InChI is InChI=1S/C21H24N2O3/c1-3-13-26-18-11-9-17(10-12-18)23-20(24)14-19(21(23)25)22-15(2)16-7-5-4-6-8-16/h4-12,15,19,22H,3,13-14H2,1-2H3/p+1/t15-,19+/m1/s1. The molecule has 2 amide bonds. The molecule has 1 aliphatic heterocycles. The fourth-order valence-electron chi connectivity index (χ4n) is 3.20. The summed E-state index contributed by atoms with van der Waals surface area (Å²) in [5.41, 5.74) is 1.75. The topological polar surface area (TPSA) is 63.2 Å². The molecule has 0 unspecified atom stereocenters. The van der Waals surface area contributed by atoms with Crippen LogP contribution in [0, 0.1) is 0 Å². The summed E-state index contributed by atoms with van der Waals surface area (Å²) in [7, 11) is 0. The fraction of sp³-hybridized carbons (Fsp3) is 0.333. The Morgan fingerprint density at radius 3 is 2.46 bits per heavy atom. The number of nitrogens with two attached hydrogens (primary N) is 1. The number of amides is 2. The van der Waals surface area contributed by atoms with Crippen molar-refractivity contribution in [3.63, 3.8) is 0 Å². The Hall–Kier alpha value is -2.66. The highest BCUT2D eigenvalue weighted by Crippen LogP contribution is 2.24. The zero-order valence-electron chi connectivity index (χ0n) is 15.2. The predicted molar refractivity (Wildman–Crippen MR) is 99.9 cm³/mol. The molecule has 1 heterocycles. The van der Waals surface area contributed by atoms with E-state index in [0.29, 0.717) is 12.3 Å². The highest BCUT2D eigenvalue weighted by Gasteiger charge is 2.43. The lowest BCUT2D eigenvalue weighted by Crippen LogP contribution is -2.91. The van der Waals surface area contributed by atoms with Crippen molar-refractivity contribution < 1.29 is 19.6 Å². The van der Waals surface area contributed by atoms with Gasteiger partial charge in [0.1, 0.15) is 11.8 Å². The maximum absolute atomic E-state index is 12.8. The van der Waals surface area contributed by atoms with Crippen LogP contribution in [0.15, 0.2) is 54.6 Å². The van der Waals surface area contributed by atoms with Crippen molar-refractivity contribution in [2.75, 3.05) is 11.5 Å². The van der Waals surface area contributed by atoms with E-state index >= 15 is 0 Å². The zero-order chi connectivity index (χ0) is 18.5. The molecule has 2 aromatic rings. The van der Waals surface area contributed by atoms with Gasteiger partial charge >= 0.3 is 0 Å². The van der Waals surface area contributed by atoms with Crippen LogP contribution in [0.3, 0.4) is 0 Å². The molecule has 2 N–H and O–H groups in total. The first-order chi connectivity index (χ1) is 12.6. The molecule has 26 heavy (non-hydrogen) atoms. The van der Waals surface area contributed by atoms with Crippen LogP contribution in [0.25, 0.3) is 0 Å². The van der Waals surface area contributed by atoms with Gasteiger partial charge in [-0.15, -0.1) is 0 Å². The van der Waals surface area contributed by atoms with E-state index in [9.17, 15) is 9.59 Å². The van der Waals surface area contributed by atoms with Gasteiger partial charge in [-0.25, -0.2) is 4.90 Å². The van der Waals surface area contributed by atoms with Gasteiger partial charge in [0.05, 0.1) is 18.7 Å². The third-order valence-electron chi connectivity index (χ3n) is 4.60. The van der Waals surface area contributed by atoms with Crippen molar-refractivity contribution in [3.05, 3.63) is 60.2 Å². The van der Waals surface area contributed by atoms with Gasteiger partial charge in [-0.05, 0) is 37.6 Å². The molecule has 1 saturated heterocycles. The number of anilines is 1. The number of hydrogen-bond acceptors (Lipinski definition) is 3. The minimum Gasteiger partial charge on any atom is -0.494 e. The van der Waals surface area contributed by atoms with Gasteiger partial charge < -0.3 is 10.1 Å². The Bertz CT molecular complexity index is 759. The molecular weight excluding hydrogens is 328 g/mol. The van der Waals surface area contributed by atoms with Crippen LogP contribution >= 0.6 is 0 Å². The van der Waals surface area contributed by atoms with Gasteiger partial charge in [0.2, 0.25) is 5.91 Å². The highest BCUT2D eigenvalue weighted by molar-refractivity contribution is 6.21. The van der Waals surface area contributed by atoms with E-state index in [4.69, 9.17) is 4.74 Å². The average Bonchev–Trinajstić information content (AvgIpc) is 2.94. The van der Waals surface area contributed by atoms with Gasteiger partial charge in [0.25, 0.3) is 5.91 Å². The molecule has 1 aliphatic rings. The number of carbonyl (C=O) groups excluding carboxylic acids is 2. The van der Waals surface area contributed by atoms with Crippen LogP contribution in [-0.4, -0.2) is 24.5 Å².